The fraction of sp³-hybridized carbons (Fsp3) is 0.550. The van der Waals surface area contributed by atoms with E-state index in [0.29, 0.717) is 25.8 Å². The smallest absolute Gasteiger partial charge is 0.323 e. The molecule has 1 amide bonds. The monoisotopic (exact) mass is 376 g/mol. The van der Waals surface area contributed by atoms with Crippen LogP contribution >= 0.6 is 0 Å². The van der Waals surface area contributed by atoms with Gasteiger partial charge < -0.3 is 14.7 Å². The Labute approximate surface area is 159 Å². The van der Waals surface area contributed by atoms with E-state index in [1.165, 1.54) is 4.90 Å². The Balaban J connectivity index is 2.06. The highest BCUT2D eigenvalue weighted by Crippen LogP contribution is 2.15. The van der Waals surface area contributed by atoms with Crippen molar-refractivity contribution in [2.24, 2.45) is 0 Å². The van der Waals surface area contributed by atoms with E-state index in [4.69, 9.17) is 9.84 Å². The lowest BCUT2D eigenvalue weighted by Crippen LogP contribution is -2.52. The zero-order chi connectivity index (χ0) is 19.6. The number of nitrogens with zero attached hydrogens (tertiary/aromatic N) is 1. The lowest BCUT2D eigenvalue weighted by Gasteiger charge is -2.26. The van der Waals surface area contributed by atoms with Gasteiger partial charge in [-0.2, -0.15) is 0 Å². The Morgan fingerprint density at radius 1 is 1.30 bits per heavy atom. The van der Waals surface area contributed by atoms with E-state index < -0.39 is 18.1 Å². The number of carboxylic acids is 1. The molecule has 0 aliphatic carbocycles. The molecule has 1 fully saturated rings. The third-order valence-electron chi connectivity index (χ3n) is 4.64. The minimum atomic E-state index is -1.03. The van der Waals surface area contributed by atoms with Crippen LogP contribution in [-0.4, -0.2) is 59.6 Å². The van der Waals surface area contributed by atoms with E-state index in [1.54, 1.807) is 6.92 Å². The first-order valence-corrected chi connectivity index (χ1v) is 9.48. The zero-order valence-electron chi connectivity index (χ0n) is 15.7. The van der Waals surface area contributed by atoms with Gasteiger partial charge in [-0.05, 0) is 44.6 Å². The summed E-state index contributed by atoms with van der Waals surface area (Å²) in [6, 6.07) is 8.63. The molecule has 7 heteroatoms. The minimum absolute atomic E-state index is 0.260. The van der Waals surface area contributed by atoms with E-state index in [0.717, 1.165) is 18.4 Å². The third-order valence-corrected chi connectivity index (χ3v) is 4.64. The minimum Gasteiger partial charge on any atom is -0.480 e. The van der Waals surface area contributed by atoms with E-state index >= 15 is 0 Å². The Hall–Kier alpha value is -2.41. The van der Waals surface area contributed by atoms with Gasteiger partial charge in [0.05, 0.1) is 12.6 Å². The first kappa shape index (κ1) is 20.9. The molecule has 2 N–H and O–H groups in total. The molecule has 1 aliphatic heterocycles. The summed E-state index contributed by atoms with van der Waals surface area (Å²) in [4.78, 5) is 37.5. The second kappa shape index (κ2) is 10.7. The third kappa shape index (κ3) is 6.67. The average molecular weight is 376 g/mol. The molecule has 0 aromatic heterocycles. The summed E-state index contributed by atoms with van der Waals surface area (Å²) in [5, 5.41) is 12.2. The van der Waals surface area contributed by atoms with Crippen molar-refractivity contribution in [2.75, 3.05) is 19.7 Å². The van der Waals surface area contributed by atoms with Crippen LogP contribution < -0.4 is 5.32 Å². The number of ether oxygens (including phenoxy) is 1. The Morgan fingerprint density at radius 3 is 2.70 bits per heavy atom. The maximum absolute atomic E-state index is 12.7. The van der Waals surface area contributed by atoms with Gasteiger partial charge in [0.1, 0.15) is 12.6 Å². The summed E-state index contributed by atoms with van der Waals surface area (Å²) in [5.41, 5.74) is 1.10. The summed E-state index contributed by atoms with van der Waals surface area (Å²) in [5.74, 6) is -1.67. The van der Waals surface area contributed by atoms with Crippen molar-refractivity contribution >= 4 is 17.8 Å². The fourth-order valence-electron chi connectivity index (χ4n) is 3.29. The SMILES string of the molecule is CCOC(=O)C(CCc1ccccc1)N[C@H]1CCCCN(CC(=O)O)C1=O. The lowest BCUT2D eigenvalue weighted by atomic mass is 10.0. The van der Waals surface area contributed by atoms with Crippen molar-refractivity contribution in [1.82, 2.24) is 10.2 Å². The predicted octanol–water partition coefficient (Wildman–Crippen LogP) is 1.61. The molecule has 0 radical (unpaired) electrons. The maximum Gasteiger partial charge on any atom is 0.323 e. The second-order valence-electron chi connectivity index (χ2n) is 6.70. The number of benzene rings is 1. The molecular weight excluding hydrogens is 348 g/mol. The van der Waals surface area contributed by atoms with Crippen LogP contribution in [0.4, 0.5) is 0 Å². The van der Waals surface area contributed by atoms with Gasteiger partial charge >= 0.3 is 11.9 Å². The molecule has 1 aromatic carbocycles. The number of carbonyl (C=O) groups excluding carboxylic acids is 2. The summed E-state index contributed by atoms with van der Waals surface area (Å²) >= 11 is 0. The molecule has 1 aliphatic rings. The molecule has 0 bridgehead atoms. The number of aryl methyl sites for hydroxylation is 1. The van der Waals surface area contributed by atoms with Crippen LogP contribution in [0, 0.1) is 0 Å². The van der Waals surface area contributed by atoms with Crippen LogP contribution in [-0.2, 0) is 25.5 Å². The molecule has 2 rings (SSSR count). The summed E-state index contributed by atoms with van der Waals surface area (Å²) in [7, 11) is 0. The number of likely N-dealkylation sites (tertiary alicyclic amines) is 1. The highest BCUT2D eigenvalue weighted by molar-refractivity contribution is 5.86. The quantitative estimate of drug-likeness (QED) is 0.636. The van der Waals surface area contributed by atoms with Crippen LogP contribution in [0.5, 0.6) is 0 Å². The number of carboxylic acid groups (broad SMARTS) is 1. The zero-order valence-corrected chi connectivity index (χ0v) is 15.7. The van der Waals surface area contributed by atoms with Gasteiger partial charge in [0.15, 0.2) is 0 Å². The van der Waals surface area contributed by atoms with Crippen molar-refractivity contribution in [2.45, 2.75) is 51.1 Å². The summed E-state index contributed by atoms with van der Waals surface area (Å²) in [6.07, 6.45) is 3.32. The molecule has 1 unspecified atom stereocenters. The van der Waals surface area contributed by atoms with Gasteiger partial charge in [-0.1, -0.05) is 30.3 Å². The Kier molecular flexibility index (Phi) is 8.26. The van der Waals surface area contributed by atoms with E-state index in [2.05, 4.69) is 5.32 Å². The number of hydrogen-bond donors (Lipinski definition) is 2. The standard InChI is InChI=1S/C20H28N2O5/c1-2-27-20(26)17(12-11-15-8-4-3-5-9-15)21-16-10-6-7-13-22(19(16)25)14-18(23)24/h3-5,8-9,16-17,21H,2,6-7,10-14H2,1H3,(H,23,24)/t16-,17?/m0/s1. The molecule has 7 nitrogen and oxygen atoms in total. The second-order valence-corrected chi connectivity index (χ2v) is 6.70. The van der Waals surface area contributed by atoms with Crippen molar-refractivity contribution in [3.05, 3.63) is 35.9 Å². The van der Waals surface area contributed by atoms with Crippen LogP contribution in [0.2, 0.25) is 0 Å². The molecular formula is C20H28N2O5. The summed E-state index contributed by atoms with van der Waals surface area (Å²) < 4.78 is 5.17. The van der Waals surface area contributed by atoms with Crippen LogP contribution in [0.1, 0.15) is 38.2 Å². The first-order valence-electron chi connectivity index (χ1n) is 9.48. The maximum atomic E-state index is 12.7. The Morgan fingerprint density at radius 2 is 2.04 bits per heavy atom. The van der Waals surface area contributed by atoms with Gasteiger partial charge in [0.2, 0.25) is 5.91 Å². The van der Waals surface area contributed by atoms with Gasteiger partial charge in [0, 0.05) is 6.54 Å². The van der Waals surface area contributed by atoms with E-state index in [1.807, 2.05) is 30.3 Å². The largest absolute Gasteiger partial charge is 0.480 e. The van der Waals surface area contributed by atoms with Gasteiger partial charge in [-0.15, -0.1) is 0 Å². The predicted molar refractivity (Wildman–Crippen MR) is 100 cm³/mol. The van der Waals surface area contributed by atoms with E-state index in [-0.39, 0.29) is 25.0 Å². The van der Waals surface area contributed by atoms with Crippen molar-refractivity contribution in [3.63, 3.8) is 0 Å². The topological polar surface area (TPSA) is 95.9 Å². The molecule has 0 spiro atoms. The average Bonchev–Trinajstić information content (AvgIpc) is 2.81. The number of carbonyl (C=O) groups is 3. The molecule has 1 saturated heterocycles. The number of amides is 1. The summed E-state index contributed by atoms with van der Waals surface area (Å²) in [6.45, 7) is 2.13. The van der Waals surface area contributed by atoms with Crippen molar-refractivity contribution in [3.8, 4) is 0 Å². The fourth-order valence-corrected chi connectivity index (χ4v) is 3.29. The van der Waals surface area contributed by atoms with Gasteiger partial charge in [0.25, 0.3) is 0 Å². The number of aliphatic carboxylic acids is 1. The Bertz CT molecular complexity index is 635. The molecule has 0 saturated carbocycles. The molecule has 27 heavy (non-hydrogen) atoms. The lowest BCUT2D eigenvalue weighted by molar-refractivity contribution is -0.148. The number of nitrogens with one attached hydrogen (secondary N) is 1. The van der Waals surface area contributed by atoms with Crippen molar-refractivity contribution in [1.29, 1.82) is 0 Å². The highest BCUT2D eigenvalue weighted by Gasteiger charge is 2.32. The number of esters is 1. The van der Waals surface area contributed by atoms with E-state index in [9.17, 15) is 14.4 Å². The van der Waals surface area contributed by atoms with Gasteiger partial charge in [-0.25, -0.2) is 0 Å². The van der Waals surface area contributed by atoms with Gasteiger partial charge in [-0.3, -0.25) is 19.7 Å². The van der Waals surface area contributed by atoms with Crippen LogP contribution in [0.3, 0.4) is 0 Å². The number of rotatable bonds is 9. The first-order chi connectivity index (χ1) is 13.0. The van der Waals surface area contributed by atoms with Crippen molar-refractivity contribution < 1.29 is 24.2 Å². The highest BCUT2D eigenvalue weighted by atomic mass is 16.5. The normalized spacial score (nSPS) is 18.6. The molecule has 2 atom stereocenters. The molecule has 1 aromatic rings. The van der Waals surface area contributed by atoms with Crippen LogP contribution in [0.15, 0.2) is 30.3 Å². The number of hydrogen-bond acceptors (Lipinski definition) is 5. The van der Waals surface area contributed by atoms with Crippen LogP contribution in [0.25, 0.3) is 0 Å². The molecule has 148 valence electrons. The molecule has 1 heterocycles.